The molecule has 4 rings (SSSR count). The summed E-state index contributed by atoms with van der Waals surface area (Å²) in [6.07, 6.45) is -0.577. The highest BCUT2D eigenvalue weighted by Gasteiger charge is 2.39. The fourth-order valence-electron chi connectivity index (χ4n) is 4.24. The SMILES string of the molecule is Cn1cc(CN2CC[C@@H]3CN(Cc4cnn(C)c4)C[C@H]3C2)cn1.O=C(O)C(F)(F)F.O=C(O)C(F)(F)F. The summed E-state index contributed by atoms with van der Waals surface area (Å²) in [5.41, 5.74) is 2.66. The zero-order valence-electron chi connectivity index (χ0n) is 20.1. The van der Waals surface area contributed by atoms with Crippen LogP contribution in [-0.4, -0.2) is 90.0 Å². The number of piperidine rings is 1. The number of carboxylic acids is 2. The van der Waals surface area contributed by atoms with Gasteiger partial charge in [0, 0.05) is 70.3 Å². The topological polar surface area (TPSA) is 117 Å². The van der Waals surface area contributed by atoms with Gasteiger partial charge in [-0.2, -0.15) is 36.5 Å². The molecular formula is C21H28F6N6O4. The van der Waals surface area contributed by atoms with Crippen LogP contribution in [0.3, 0.4) is 0 Å². The summed E-state index contributed by atoms with van der Waals surface area (Å²) in [4.78, 5) is 23.0. The van der Waals surface area contributed by atoms with Crippen LogP contribution in [0, 0.1) is 11.8 Å². The van der Waals surface area contributed by atoms with Crippen molar-refractivity contribution in [2.45, 2.75) is 31.9 Å². The van der Waals surface area contributed by atoms with Gasteiger partial charge in [-0.05, 0) is 24.8 Å². The van der Waals surface area contributed by atoms with Crippen LogP contribution in [0.25, 0.3) is 0 Å². The maximum atomic E-state index is 10.6. The van der Waals surface area contributed by atoms with Gasteiger partial charge in [-0.3, -0.25) is 19.2 Å². The average molecular weight is 542 g/mol. The molecule has 0 amide bonds. The van der Waals surface area contributed by atoms with Crippen molar-refractivity contribution in [3.05, 3.63) is 35.9 Å². The molecule has 208 valence electrons. The Morgan fingerprint density at radius 3 is 1.57 bits per heavy atom. The third-order valence-corrected chi connectivity index (χ3v) is 5.77. The second-order valence-electron chi connectivity index (χ2n) is 8.89. The number of aliphatic carboxylic acids is 2. The normalized spacial score (nSPS) is 20.3. The summed E-state index contributed by atoms with van der Waals surface area (Å²) < 4.78 is 67.3. The molecule has 16 heteroatoms. The maximum absolute atomic E-state index is 10.6. The Morgan fingerprint density at radius 2 is 1.19 bits per heavy atom. The van der Waals surface area contributed by atoms with Crippen LogP contribution in [0.2, 0.25) is 0 Å². The lowest BCUT2D eigenvalue weighted by atomic mass is 9.88. The monoisotopic (exact) mass is 542 g/mol. The van der Waals surface area contributed by atoms with Crippen molar-refractivity contribution in [3.63, 3.8) is 0 Å². The Balaban J connectivity index is 0.000000286. The van der Waals surface area contributed by atoms with Gasteiger partial charge < -0.3 is 10.2 Å². The first-order chi connectivity index (χ1) is 17.0. The van der Waals surface area contributed by atoms with Crippen LogP contribution in [-0.2, 0) is 36.8 Å². The molecule has 2 aromatic heterocycles. The summed E-state index contributed by atoms with van der Waals surface area (Å²) >= 11 is 0. The van der Waals surface area contributed by atoms with E-state index in [1.807, 2.05) is 35.9 Å². The van der Waals surface area contributed by atoms with Gasteiger partial charge in [-0.25, -0.2) is 9.59 Å². The molecule has 2 aliphatic heterocycles. The van der Waals surface area contributed by atoms with E-state index < -0.39 is 24.3 Å². The summed E-state index contributed by atoms with van der Waals surface area (Å²) in [6, 6.07) is 0. The number of carboxylic acid groups (broad SMARTS) is 2. The van der Waals surface area contributed by atoms with Crippen molar-refractivity contribution in [2.24, 2.45) is 25.9 Å². The van der Waals surface area contributed by atoms with Crippen LogP contribution in [0.4, 0.5) is 26.3 Å². The van der Waals surface area contributed by atoms with Crippen molar-refractivity contribution >= 4 is 11.9 Å². The van der Waals surface area contributed by atoms with Gasteiger partial charge in [0.1, 0.15) is 0 Å². The van der Waals surface area contributed by atoms with Crippen molar-refractivity contribution in [2.75, 3.05) is 26.2 Å². The largest absolute Gasteiger partial charge is 0.490 e. The summed E-state index contributed by atoms with van der Waals surface area (Å²) in [7, 11) is 3.98. The van der Waals surface area contributed by atoms with Crippen LogP contribution in [0.5, 0.6) is 0 Å². The van der Waals surface area contributed by atoms with Gasteiger partial charge in [0.25, 0.3) is 0 Å². The smallest absolute Gasteiger partial charge is 0.475 e. The van der Waals surface area contributed by atoms with Crippen LogP contribution in [0.1, 0.15) is 17.5 Å². The van der Waals surface area contributed by atoms with Gasteiger partial charge >= 0.3 is 24.3 Å². The fraction of sp³-hybridized carbons (Fsp3) is 0.619. The molecular weight excluding hydrogens is 514 g/mol. The highest BCUT2D eigenvalue weighted by molar-refractivity contribution is 5.73. The molecule has 10 nitrogen and oxygen atoms in total. The first kappa shape index (κ1) is 30.1. The molecule has 0 unspecified atom stereocenters. The van der Waals surface area contributed by atoms with Crippen LogP contribution < -0.4 is 0 Å². The Labute approximate surface area is 208 Å². The summed E-state index contributed by atoms with van der Waals surface area (Å²) in [5.74, 6) is -3.83. The van der Waals surface area contributed by atoms with Crippen molar-refractivity contribution < 1.29 is 46.1 Å². The van der Waals surface area contributed by atoms with E-state index in [1.54, 1.807) is 0 Å². The molecule has 0 spiro atoms. The number of aryl methyl sites for hydroxylation is 2. The third-order valence-electron chi connectivity index (χ3n) is 5.77. The number of hydrogen-bond acceptors (Lipinski definition) is 6. The average Bonchev–Trinajstić information content (AvgIpc) is 3.47. The van der Waals surface area contributed by atoms with Crippen molar-refractivity contribution in [3.8, 4) is 0 Å². The molecule has 37 heavy (non-hydrogen) atoms. The van der Waals surface area contributed by atoms with E-state index >= 15 is 0 Å². The van der Waals surface area contributed by atoms with E-state index in [4.69, 9.17) is 19.8 Å². The Bertz CT molecular complexity index is 973. The molecule has 2 aliphatic rings. The third kappa shape index (κ3) is 10.0. The second-order valence-corrected chi connectivity index (χ2v) is 8.89. The lowest BCUT2D eigenvalue weighted by Crippen LogP contribution is -2.39. The summed E-state index contributed by atoms with van der Waals surface area (Å²) in [5, 5.41) is 22.8. The number of carbonyl (C=O) groups is 2. The first-order valence-corrected chi connectivity index (χ1v) is 11.0. The first-order valence-electron chi connectivity index (χ1n) is 11.0. The molecule has 0 saturated carbocycles. The molecule has 2 fully saturated rings. The number of likely N-dealkylation sites (tertiary alicyclic amines) is 2. The number of hydrogen-bond donors (Lipinski definition) is 2. The van der Waals surface area contributed by atoms with Gasteiger partial charge in [0.15, 0.2) is 0 Å². The van der Waals surface area contributed by atoms with E-state index in [0.29, 0.717) is 0 Å². The van der Waals surface area contributed by atoms with Crippen LogP contribution in [0.15, 0.2) is 24.8 Å². The number of alkyl halides is 6. The number of fused-ring (bicyclic) bond motifs is 1. The Hall–Kier alpha value is -3.14. The van der Waals surface area contributed by atoms with Crippen LogP contribution >= 0.6 is 0 Å². The minimum absolute atomic E-state index is 0.817. The van der Waals surface area contributed by atoms with E-state index in [2.05, 4.69) is 32.4 Å². The molecule has 2 aromatic rings. The van der Waals surface area contributed by atoms with E-state index in [9.17, 15) is 26.3 Å². The highest BCUT2D eigenvalue weighted by Crippen LogP contribution is 2.32. The maximum Gasteiger partial charge on any atom is 0.490 e. The molecule has 0 radical (unpaired) electrons. The standard InChI is InChI=1S/C17H26N6.2C2HF3O2/c1-20-7-14(5-18-20)9-22-4-3-16-11-23(13-17(16)12-22)10-15-6-19-21(2)8-15;2*3-2(4,5)1(6)7/h5-8,16-17H,3-4,9-13H2,1-2H3;2*(H,6,7)/t16-,17-;;/m1../s1. The molecule has 0 aromatic carbocycles. The van der Waals surface area contributed by atoms with E-state index in [-0.39, 0.29) is 0 Å². The molecule has 2 atom stereocenters. The van der Waals surface area contributed by atoms with Gasteiger partial charge in [-0.1, -0.05) is 0 Å². The zero-order valence-corrected chi connectivity index (χ0v) is 20.1. The lowest BCUT2D eigenvalue weighted by molar-refractivity contribution is -0.193. The number of aromatic nitrogens is 4. The fourth-order valence-corrected chi connectivity index (χ4v) is 4.24. The number of rotatable bonds is 4. The molecule has 2 N–H and O–H groups in total. The molecule has 4 heterocycles. The Kier molecular flexibility index (Phi) is 10.1. The van der Waals surface area contributed by atoms with E-state index in [0.717, 1.165) is 24.9 Å². The van der Waals surface area contributed by atoms with Gasteiger partial charge in [-0.15, -0.1) is 0 Å². The van der Waals surface area contributed by atoms with Gasteiger partial charge in [0.05, 0.1) is 12.4 Å². The Morgan fingerprint density at radius 1 is 0.811 bits per heavy atom. The van der Waals surface area contributed by atoms with E-state index in [1.165, 1.54) is 43.7 Å². The van der Waals surface area contributed by atoms with Crippen molar-refractivity contribution in [1.82, 2.24) is 29.4 Å². The lowest BCUT2D eigenvalue weighted by Gasteiger charge is -2.34. The minimum Gasteiger partial charge on any atom is -0.475 e. The predicted octanol–water partition coefficient (Wildman–Crippen LogP) is 2.37. The van der Waals surface area contributed by atoms with Gasteiger partial charge in [0.2, 0.25) is 0 Å². The molecule has 2 saturated heterocycles. The number of nitrogens with zero attached hydrogens (tertiary/aromatic N) is 6. The predicted molar refractivity (Wildman–Crippen MR) is 116 cm³/mol. The quantitative estimate of drug-likeness (QED) is 0.566. The minimum atomic E-state index is -5.08. The van der Waals surface area contributed by atoms with Crippen molar-refractivity contribution in [1.29, 1.82) is 0 Å². The molecule has 0 aliphatic carbocycles. The molecule has 0 bridgehead atoms. The highest BCUT2D eigenvalue weighted by atomic mass is 19.4. The zero-order chi connectivity index (χ0) is 28.0. The summed E-state index contributed by atoms with van der Waals surface area (Å²) in [6.45, 7) is 7.01. The second kappa shape index (κ2) is 12.4. The number of halogens is 6.